The van der Waals surface area contributed by atoms with E-state index in [9.17, 15) is 0 Å². The van der Waals surface area contributed by atoms with Crippen molar-refractivity contribution in [2.24, 2.45) is 5.41 Å². The quantitative estimate of drug-likeness (QED) is 0.850. The molecule has 0 amide bonds. The molecule has 1 fully saturated rings. The zero-order valence-corrected chi connectivity index (χ0v) is 10.5. The fourth-order valence-corrected chi connectivity index (χ4v) is 2.56. The Hall–Kier alpha value is -1.49. The molecule has 2 rings (SSSR count). The van der Waals surface area contributed by atoms with E-state index in [-0.39, 0.29) is 0 Å². The molecule has 0 atom stereocenters. The van der Waals surface area contributed by atoms with Crippen LogP contribution in [-0.2, 0) is 0 Å². The summed E-state index contributed by atoms with van der Waals surface area (Å²) in [5, 5.41) is 12.2. The summed E-state index contributed by atoms with van der Waals surface area (Å²) in [4.78, 5) is 0. The molecule has 17 heavy (non-hydrogen) atoms. The number of hydrogen-bond acceptors (Lipinski definition) is 2. The Kier molecular flexibility index (Phi) is 3.68. The second-order valence-electron chi connectivity index (χ2n) is 5.41. The fourth-order valence-electron chi connectivity index (χ4n) is 2.56. The molecule has 1 saturated carbocycles. The van der Waals surface area contributed by atoms with Crippen molar-refractivity contribution in [3.63, 3.8) is 0 Å². The van der Waals surface area contributed by atoms with E-state index in [1.54, 1.807) is 0 Å². The summed E-state index contributed by atoms with van der Waals surface area (Å²) in [7, 11) is 0. The second-order valence-corrected chi connectivity index (χ2v) is 5.41. The summed E-state index contributed by atoms with van der Waals surface area (Å²) in [5.41, 5.74) is 2.29. The van der Waals surface area contributed by atoms with Gasteiger partial charge >= 0.3 is 0 Å². The normalized spacial score (nSPS) is 18.4. The average molecular weight is 228 g/mol. The van der Waals surface area contributed by atoms with E-state index in [1.165, 1.54) is 32.1 Å². The number of benzene rings is 1. The predicted molar refractivity (Wildman–Crippen MR) is 70.8 cm³/mol. The molecule has 2 heteroatoms. The molecule has 0 aromatic heterocycles. The Balaban J connectivity index is 1.90. The number of nitrogens with zero attached hydrogens (tertiary/aromatic N) is 1. The third-order valence-electron chi connectivity index (χ3n) is 3.79. The Morgan fingerprint density at radius 1 is 1.18 bits per heavy atom. The van der Waals surface area contributed by atoms with Crippen LogP contribution in [0, 0.1) is 16.7 Å². The zero-order chi connectivity index (χ0) is 12.1. The van der Waals surface area contributed by atoms with Gasteiger partial charge in [0.1, 0.15) is 0 Å². The Labute approximate surface area is 104 Å². The monoisotopic (exact) mass is 228 g/mol. The van der Waals surface area contributed by atoms with Crippen LogP contribution in [0.5, 0.6) is 0 Å². The van der Waals surface area contributed by atoms with E-state index < -0.39 is 0 Å². The summed E-state index contributed by atoms with van der Waals surface area (Å²) in [6.45, 7) is 3.42. The molecule has 0 heterocycles. The lowest BCUT2D eigenvalue weighted by atomic mass is 9.76. The summed E-state index contributed by atoms with van der Waals surface area (Å²) in [6, 6.07) is 9.85. The highest BCUT2D eigenvalue weighted by atomic mass is 14.9. The van der Waals surface area contributed by atoms with Crippen molar-refractivity contribution in [2.45, 2.75) is 39.0 Å². The van der Waals surface area contributed by atoms with Crippen LogP contribution < -0.4 is 5.32 Å². The average Bonchev–Trinajstić information content (AvgIpc) is 2.38. The highest BCUT2D eigenvalue weighted by Gasteiger charge is 2.26. The topological polar surface area (TPSA) is 35.8 Å². The minimum Gasteiger partial charge on any atom is -0.384 e. The van der Waals surface area contributed by atoms with E-state index in [0.29, 0.717) is 5.41 Å². The predicted octanol–water partition coefficient (Wildman–Crippen LogP) is 3.94. The van der Waals surface area contributed by atoms with Crippen LogP contribution in [0.3, 0.4) is 0 Å². The van der Waals surface area contributed by atoms with Gasteiger partial charge in [0.05, 0.1) is 11.6 Å². The van der Waals surface area contributed by atoms with Crippen LogP contribution in [0.4, 0.5) is 5.69 Å². The van der Waals surface area contributed by atoms with Crippen molar-refractivity contribution in [3.8, 4) is 6.07 Å². The molecule has 0 unspecified atom stereocenters. The first-order valence-electron chi connectivity index (χ1n) is 6.46. The van der Waals surface area contributed by atoms with Crippen LogP contribution in [-0.4, -0.2) is 6.54 Å². The largest absolute Gasteiger partial charge is 0.384 e. The summed E-state index contributed by atoms with van der Waals surface area (Å²) in [5.74, 6) is 0. The molecular formula is C15H20N2. The molecule has 1 aromatic carbocycles. The molecule has 1 aliphatic rings. The van der Waals surface area contributed by atoms with Gasteiger partial charge in [-0.2, -0.15) is 5.26 Å². The zero-order valence-electron chi connectivity index (χ0n) is 10.5. The van der Waals surface area contributed by atoms with Gasteiger partial charge < -0.3 is 5.32 Å². The van der Waals surface area contributed by atoms with Gasteiger partial charge in [-0.3, -0.25) is 0 Å². The van der Waals surface area contributed by atoms with E-state index in [4.69, 9.17) is 5.26 Å². The number of rotatable bonds is 3. The van der Waals surface area contributed by atoms with Crippen LogP contribution in [0.1, 0.15) is 44.6 Å². The van der Waals surface area contributed by atoms with Gasteiger partial charge in [-0.1, -0.05) is 26.2 Å². The molecule has 90 valence electrons. The number of nitriles is 1. The molecule has 1 aromatic rings. The first-order valence-corrected chi connectivity index (χ1v) is 6.46. The SMILES string of the molecule is CC1(CNc2ccc(C#N)cc2)CCCCC1. The Morgan fingerprint density at radius 2 is 1.82 bits per heavy atom. The first-order chi connectivity index (χ1) is 8.22. The van der Waals surface area contributed by atoms with Gasteiger partial charge in [-0.15, -0.1) is 0 Å². The molecule has 0 bridgehead atoms. The van der Waals surface area contributed by atoms with Crippen LogP contribution in [0.15, 0.2) is 24.3 Å². The molecule has 0 radical (unpaired) electrons. The van der Waals surface area contributed by atoms with Crippen molar-refractivity contribution in [1.82, 2.24) is 0 Å². The van der Waals surface area contributed by atoms with Crippen LogP contribution in [0.2, 0.25) is 0 Å². The maximum Gasteiger partial charge on any atom is 0.0991 e. The van der Waals surface area contributed by atoms with Crippen molar-refractivity contribution >= 4 is 5.69 Å². The third kappa shape index (κ3) is 3.23. The van der Waals surface area contributed by atoms with Gasteiger partial charge in [0.15, 0.2) is 0 Å². The van der Waals surface area contributed by atoms with Crippen LogP contribution in [0.25, 0.3) is 0 Å². The van der Waals surface area contributed by atoms with Gasteiger partial charge in [0.25, 0.3) is 0 Å². The lowest BCUT2D eigenvalue weighted by molar-refractivity contribution is 0.233. The Bertz CT molecular complexity index is 394. The van der Waals surface area contributed by atoms with Gasteiger partial charge in [-0.05, 0) is 42.5 Å². The molecular weight excluding hydrogens is 208 g/mol. The van der Waals surface area contributed by atoms with Gasteiger partial charge in [0.2, 0.25) is 0 Å². The number of anilines is 1. The van der Waals surface area contributed by atoms with Crippen molar-refractivity contribution in [3.05, 3.63) is 29.8 Å². The van der Waals surface area contributed by atoms with E-state index in [2.05, 4.69) is 18.3 Å². The second kappa shape index (κ2) is 5.23. The van der Waals surface area contributed by atoms with Crippen molar-refractivity contribution in [1.29, 1.82) is 5.26 Å². The summed E-state index contributed by atoms with van der Waals surface area (Å²) < 4.78 is 0. The van der Waals surface area contributed by atoms with Gasteiger partial charge in [-0.25, -0.2) is 0 Å². The summed E-state index contributed by atoms with van der Waals surface area (Å²) >= 11 is 0. The lowest BCUT2D eigenvalue weighted by Crippen LogP contribution is -2.28. The fraction of sp³-hybridized carbons (Fsp3) is 0.533. The number of hydrogen-bond donors (Lipinski definition) is 1. The molecule has 0 aliphatic heterocycles. The summed E-state index contributed by atoms with van der Waals surface area (Å²) in [6.07, 6.45) is 6.79. The smallest absolute Gasteiger partial charge is 0.0991 e. The molecule has 1 N–H and O–H groups in total. The maximum absolute atomic E-state index is 8.73. The lowest BCUT2D eigenvalue weighted by Gasteiger charge is -2.34. The minimum atomic E-state index is 0.451. The van der Waals surface area contributed by atoms with Crippen molar-refractivity contribution in [2.75, 3.05) is 11.9 Å². The van der Waals surface area contributed by atoms with Crippen molar-refractivity contribution < 1.29 is 0 Å². The molecule has 0 spiro atoms. The first kappa shape index (κ1) is 12.0. The highest BCUT2D eigenvalue weighted by molar-refractivity contribution is 5.47. The van der Waals surface area contributed by atoms with Crippen LogP contribution >= 0.6 is 0 Å². The molecule has 1 aliphatic carbocycles. The highest BCUT2D eigenvalue weighted by Crippen LogP contribution is 2.35. The van der Waals surface area contributed by atoms with Gasteiger partial charge in [0, 0.05) is 12.2 Å². The van der Waals surface area contributed by atoms with E-state index in [0.717, 1.165) is 17.8 Å². The Morgan fingerprint density at radius 3 is 2.41 bits per heavy atom. The maximum atomic E-state index is 8.73. The standard InChI is InChI=1S/C15H20N2/c1-15(9-3-2-4-10-15)12-17-14-7-5-13(11-16)6-8-14/h5-8,17H,2-4,9-10,12H2,1H3. The number of nitrogens with one attached hydrogen (secondary N) is 1. The molecule has 0 saturated heterocycles. The molecule has 2 nitrogen and oxygen atoms in total. The minimum absolute atomic E-state index is 0.451. The van der Waals surface area contributed by atoms with E-state index >= 15 is 0 Å². The van der Waals surface area contributed by atoms with E-state index in [1.807, 2.05) is 24.3 Å². The third-order valence-corrected chi connectivity index (χ3v) is 3.79.